The predicted octanol–water partition coefficient (Wildman–Crippen LogP) is 2.41. The van der Waals surface area contributed by atoms with E-state index < -0.39 is 12.0 Å². The number of thioether (sulfide) groups is 1. The summed E-state index contributed by atoms with van der Waals surface area (Å²) < 4.78 is 1.69. The summed E-state index contributed by atoms with van der Waals surface area (Å²) in [5, 5.41) is 16.0. The SMILES string of the molecule is CSc1ccc(C(CC(=O)O)NC(=O)CCc2cnn(C)c2)cc1. The van der Waals surface area contributed by atoms with Crippen LogP contribution in [0.15, 0.2) is 41.6 Å². The van der Waals surface area contributed by atoms with Crippen LogP contribution in [-0.4, -0.2) is 33.0 Å². The molecule has 0 radical (unpaired) electrons. The molecule has 1 aromatic carbocycles. The Kier molecular flexibility index (Phi) is 6.43. The third kappa shape index (κ3) is 5.42. The molecule has 128 valence electrons. The minimum Gasteiger partial charge on any atom is -0.481 e. The monoisotopic (exact) mass is 347 g/mol. The fourth-order valence-electron chi connectivity index (χ4n) is 2.39. The molecule has 0 aliphatic rings. The van der Waals surface area contributed by atoms with E-state index >= 15 is 0 Å². The number of hydrogen-bond acceptors (Lipinski definition) is 4. The zero-order chi connectivity index (χ0) is 17.5. The van der Waals surface area contributed by atoms with Gasteiger partial charge in [0.2, 0.25) is 5.91 Å². The van der Waals surface area contributed by atoms with Crippen molar-refractivity contribution in [1.29, 1.82) is 0 Å². The van der Waals surface area contributed by atoms with Crippen molar-refractivity contribution in [3.63, 3.8) is 0 Å². The van der Waals surface area contributed by atoms with E-state index in [1.54, 1.807) is 22.6 Å². The molecule has 1 aromatic heterocycles. The fraction of sp³-hybridized carbons (Fsp3) is 0.353. The average molecular weight is 347 g/mol. The summed E-state index contributed by atoms with van der Waals surface area (Å²) in [5.74, 6) is -1.11. The summed E-state index contributed by atoms with van der Waals surface area (Å²) in [5.41, 5.74) is 1.77. The molecule has 0 saturated carbocycles. The van der Waals surface area contributed by atoms with Crippen LogP contribution >= 0.6 is 11.8 Å². The van der Waals surface area contributed by atoms with Crippen molar-refractivity contribution in [2.75, 3.05) is 6.26 Å². The lowest BCUT2D eigenvalue weighted by Gasteiger charge is -2.17. The Labute approximate surface area is 145 Å². The molecule has 0 saturated heterocycles. The first-order chi connectivity index (χ1) is 11.5. The summed E-state index contributed by atoms with van der Waals surface area (Å²) in [6, 6.07) is 7.05. The number of carboxylic acids is 1. The molecule has 0 bridgehead atoms. The molecule has 24 heavy (non-hydrogen) atoms. The Morgan fingerprint density at radius 1 is 1.33 bits per heavy atom. The third-order valence-corrected chi connectivity index (χ3v) is 4.37. The Morgan fingerprint density at radius 3 is 2.58 bits per heavy atom. The van der Waals surface area contributed by atoms with Gasteiger partial charge in [0.1, 0.15) is 0 Å². The van der Waals surface area contributed by atoms with Gasteiger partial charge in [0.15, 0.2) is 0 Å². The topological polar surface area (TPSA) is 84.2 Å². The molecule has 1 amide bonds. The molecule has 0 aliphatic heterocycles. The van der Waals surface area contributed by atoms with Crippen molar-refractivity contribution in [3.05, 3.63) is 47.8 Å². The minimum atomic E-state index is -0.943. The summed E-state index contributed by atoms with van der Waals surface area (Å²) in [7, 11) is 1.82. The first-order valence-electron chi connectivity index (χ1n) is 7.60. The molecule has 1 atom stereocenters. The van der Waals surface area contributed by atoms with Crippen molar-refractivity contribution in [1.82, 2.24) is 15.1 Å². The normalized spacial score (nSPS) is 11.9. The molecule has 0 fully saturated rings. The van der Waals surface area contributed by atoms with Gasteiger partial charge in [-0.1, -0.05) is 12.1 Å². The first-order valence-corrected chi connectivity index (χ1v) is 8.83. The van der Waals surface area contributed by atoms with Gasteiger partial charge < -0.3 is 10.4 Å². The molecule has 2 N–H and O–H groups in total. The number of aliphatic carboxylic acids is 1. The van der Waals surface area contributed by atoms with Gasteiger partial charge in [0, 0.05) is 24.6 Å². The molecule has 1 heterocycles. The largest absolute Gasteiger partial charge is 0.481 e. The Balaban J connectivity index is 1.98. The molecule has 0 aliphatic carbocycles. The highest BCUT2D eigenvalue weighted by molar-refractivity contribution is 7.98. The van der Waals surface area contributed by atoms with Crippen LogP contribution < -0.4 is 5.32 Å². The lowest BCUT2D eigenvalue weighted by molar-refractivity contribution is -0.137. The number of hydrogen-bond donors (Lipinski definition) is 2. The van der Waals surface area contributed by atoms with Gasteiger partial charge in [-0.2, -0.15) is 5.10 Å². The highest BCUT2D eigenvalue weighted by Gasteiger charge is 2.18. The zero-order valence-corrected chi connectivity index (χ0v) is 14.5. The molecular weight excluding hydrogens is 326 g/mol. The zero-order valence-electron chi connectivity index (χ0n) is 13.7. The maximum Gasteiger partial charge on any atom is 0.305 e. The quantitative estimate of drug-likeness (QED) is 0.717. The van der Waals surface area contributed by atoms with Crippen molar-refractivity contribution >= 4 is 23.6 Å². The first kappa shape index (κ1) is 18.1. The summed E-state index contributed by atoms with van der Waals surface area (Å²) in [4.78, 5) is 24.4. The molecule has 6 nitrogen and oxygen atoms in total. The number of carboxylic acid groups (broad SMARTS) is 1. The smallest absolute Gasteiger partial charge is 0.305 e. The minimum absolute atomic E-state index is 0.142. The Hall–Kier alpha value is -2.28. The van der Waals surface area contributed by atoms with Gasteiger partial charge in [0.25, 0.3) is 0 Å². The molecule has 1 unspecified atom stereocenters. The number of carbonyl (C=O) groups is 2. The highest BCUT2D eigenvalue weighted by atomic mass is 32.2. The summed E-state index contributed by atoms with van der Waals surface area (Å²) in [6.07, 6.45) is 6.29. The molecule has 0 spiro atoms. The maximum absolute atomic E-state index is 12.2. The lowest BCUT2D eigenvalue weighted by atomic mass is 10.0. The molecular formula is C17H21N3O3S. The second-order valence-electron chi connectivity index (χ2n) is 5.51. The number of rotatable bonds is 8. The van der Waals surface area contributed by atoms with Crippen LogP contribution in [-0.2, 0) is 23.1 Å². The van der Waals surface area contributed by atoms with Crippen LogP contribution in [0.3, 0.4) is 0 Å². The lowest BCUT2D eigenvalue weighted by Crippen LogP contribution is -2.30. The number of aryl methyl sites for hydroxylation is 2. The van der Waals surface area contributed by atoms with E-state index in [0.29, 0.717) is 12.8 Å². The van der Waals surface area contributed by atoms with E-state index in [4.69, 9.17) is 5.11 Å². The van der Waals surface area contributed by atoms with E-state index in [1.807, 2.05) is 43.8 Å². The standard InChI is InChI=1S/C17H21N3O3S/c1-20-11-12(10-18-20)3-8-16(21)19-15(9-17(22)23)13-4-6-14(24-2)7-5-13/h4-7,10-11,15H,3,8-9H2,1-2H3,(H,19,21)(H,22,23). The second-order valence-corrected chi connectivity index (χ2v) is 6.39. The van der Waals surface area contributed by atoms with Crippen molar-refractivity contribution < 1.29 is 14.7 Å². The number of amides is 1. The van der Waals surface area contributed by atoms with Crippen LogP contribution in [0.2, 0.25) is 0 Å². The van der Waals surface area contributed by atoms with Crippen LogP contribution in [0.5, 0.6) is 0 Å². The summed E-state index contributed by atoms with van der Waals surface area (Å²) in [6.45, 7) is 0. The number of aromatic nitrogens is 2. The number of nitrogens with zero attached hydrogens (tertiary/aromatic N) is 2. The van der Waals surface area contributed by atoms with Crippen LogP contribution in [0, 0.1) is 0 Å². The van der Waals surface area contributed by atoms with Crippen LogP contribution in [0.1, 0.15) is 30.0 Å². The van der Waals surface area contributed by atoms with Gasteiger partial charge in [0.05, 0.1) is 18.7 Å². The van der Waals surface area contributed by atoms with Gasteiger partial charge >= 0.3 is 5.97 Å². The van der Waals surface area contributed by atoms with E-state index in [1.165, 1.54) is 0 Å². The average Bonchev–Trinajstić information content (AvgIpc) is 2.97. The Morgan fingerprint density at radius 2 is 2.04 bits per heavy atom. The predicted molar refractivity (Wildman–Crippen MR) is 92.9 cm³/mol. The van der Waals surface area contributed by atoms with Crippen molar-refractivity contribution in [2.24, 2.45) is 7.05 Å². The fourth-order valence-corrected chi connectivity index (χ4v) is 2.80. The van der Waals surface area contributed by atoms with Crippen LogP contribution in [0.4, 0.5) is 0 Å². The summed E-state index contributed by atoms with van der Waals surface area (Å²) >= 11 is 1.61. The third-order valence-electron chi connectivity index (χ3n) is 3.63. The van der Waals surface area contributed by atoms with Gasteiger partial charge in [-0.05, 0) is 35.9 Å². The van der Waals surface area contributed by atoms with E-state index in [9.17, 15) is 9.59 Å². The van der Waals surface area contributed by atoms with Crippen molar-refractivity contribution in [3.8, 4) is 0 Å². The van der Waals surface area contributed by atoms with E-state index in [0.717, 1.165) is 16.0 Å². The van der Waals surface area contributed by atoms with Gasteiger partial charge in [-0.3, -0.25) is 14.3 Å². The molecule has 2 rings (SSSR count). The van der Waals surface area contributed by atoms with E-state index in [2.05, 4.69) is 10.4 Å². The van der Waals surface area contributed by atoms with E-state index in [-0.39, 0.29) is 12.3 Å². The molecule has 2 aromatic rings. The second kappa shape index (κ2) is 8.54. The van der Waals surface area contributed by atoms with Crippen LogP contribution in [0.25, 0.3) is 0 Å². The number of nitrogens with one attached hydrogen (secondary N) is 1. The van der Waals surface area contributed by atoms with Crippen molar-refractivity contribution in [2.45, 2.75) is 30.2 Å². The number of carbonyl (C=O) groups excluding carboxylic acids is 1. The highest BCUT2D eigenvalue weighted by Crippen LogP contribution is 2.21. The number of benzene rings is 1. The molecule has 7 heteroatoms. The maximum atomic E-state index is 12.2. The van der Waals surface area contributed by atoms with Gasteiger partial charge in [-0.25, -0.2) is 0 Å². The Bertz CT molecular complexity index is 697. The van der Waals surface area contributed by atoms with Gasteiger partial charge in [-0.15, -0.1) is 11.8 Å².